The number of aryl methyl sites for hydroxylation is 1. The van der Waals surface area contributed by atoms with Gasteiger partial charge in [0.2, 0.25) is 0 Å². The lowest BCUT2D eigenvalue weighted by molar-refractivity contribution is 1.07. The number of rotatable bonds is 2. The summed E-state index contributed by atoms with van der Waals surface area (Å²) < 4.78 is 0. The minimum Gasteiger partial charge on any atom is -0.359 e. The normalized spacial score (nSPS) is 11.0. The fourth-order valence-electron chi connectivity index (χ4n) is 2.29. The van der Waals surface area contributed by atoms with Gasteiger partial charge in [-0.25, -0.2) is 0 Å². The van der Waals surface area contributed by atoms with Crippen molar-refractivity contribution in [3.8, 4) is 11.1 Å². The Hall–Kier alpha value is -2.06. The molecule has 0 saturated carbocycles. The molecule has 0 aliphatic heterocycles. The number of benzene rings is 2. The van der Waals surface area contributed by atoms with Crippen molar-refractivity contribution in [3.63, 3.8) is 0 Å². The fourth-order valence-corrected chi connectivity index (χ4v) is 2.29. The molecule has 0 radical (unpaired) electrons. The van der Waals surface area contributed by atoms with Crippen LogP contribution in [0.4, 0.5) is 0 Å². The largest absolute Gasteiger partial charge is 0.359 e. The molecule has 18 heavy (non-hydrogen) atoms. The molecule has 0 fully saturated rings. The standard InChI is InChI=1S/C16H16N2/c1-11-8-15-9-14(6-7-16(15)18-11)13-4-2-12(10-17)3-5-13/h2-9,18H,10,17H2,1H3. The third kappa shape index (κ3) is 1.91. The van der Waals surface area contributed by atoms with Crippen LogP contribution in [0.25, 0.3) is 22.0 Å². The summed E-state index contributed by atoms with van der Waals surface area (Å²) in [6, 6.07) is 17.1. The third-order valence-corrected chi connectivity index (χ3v) is 3.28. The number of nitrogens with two attached hydrogens (primary N) is 1. The number of hydrogen-bond donors (Lipinski definition) is 2. The molecule has 0 spiro atoms. The van der Waals surface area contributed by atoms with Crippen LogP contribution in [0.5, 0.6) is 0 Å². The minimum atomic E-state index is 0.594. The molecule has 0 bridgehead atoms. The molecule has 1 aromatic heterocycles. The summed E-state index contributed by atoms with van der Waals surface area (Å²) in [6.07, 6.45) is 0. The molecule has 1 heterocycles. The van der Waals surface area contributed by atoms with E-state index in [-0.39, 0.29) is 0 Å². The van der Waals surface area contributed by atoms with Gasteiger partial charge in [0.1, 0.15) is 0 Å². The highest BCUT2D eigenvalue weighted by Crippen LogP contribution is 2.25. The number of hydrogen-bond acceptors (Lipinski definition) is 1. The van der Waals surface area contributed by atoms with E-state index in [1.807, 2.05) is 0 Å². The summed E-state index contributed by atoms with van der Waals surface area (Å²) in [5.74, 6) is 0. The van der Waals surface area contributed by atoms with Gasteiger partial charge in [-0.2, -0.15) is 0 Å². The van der Waals surface area contributed by atoms with Crippen LogP contribution in [-0.2, 0) is 6.54 Å². The van der Waals surface area contributed by atoms with E-state index in [4.69, 9.17) is 5.73 Å². The second kappa shape index (κ2) is 4.31. The van der Waals surface area contributed by atoms with E-state index in [1.165, 1.54) is 27.7 Å². The number of H-pyrrole nitrogens is 1. The molecule has 3 N–H and O–H groups in total. The maximum Gasteiger partial charge on any atom is 0.0456 e. The first kappa shape index (κ1) is 11.1. The maximum atomic E-state index is 5.61. The lowest BCUT2D eigenvalue weighted by Gasteiger charge is -2.03. The SMILES string of the molecule is Cc1cc2cc(-c3ccc(CN)cc3)ccc2[nH]1. The molecule has 2 aromatic carbocycles. The number of fused-ring (bicyclic) bond motifs is 1. The highest BCUT2D eigenvalue weighted by Gasteiger charge is 2.01. The van der Waals surface area contributed by atoms with Gasteiger partial charge < -0.3 is 10.7 Å². The zero-order valence-corrected chi connectivity index (χ0v) is 10.4. The summed E-state index contributed by atoms with van der Waals surface area (Å²) >= 11 is 0. The maximum absolute atomic E-state index is 5.61. The molecule has 0 unspecified atom stereocenters. The Balaban J connectivity index is 2.06. The zero-order valence-electron chi connectivity index (χ0n) is 10.4. The summed E-state index contributed by atoms with van der Waals surface area (Å²) in [5, 5.41) is 1.26. The number of aromatic nitrogens is 1. The summed E-state index contributed by atoms with van der Waals surface area (Å²) in [5.41, 5.74) is 11.6. The first-order valence-electron chi connectivity index (χ1n) is 6.15. The van der Waals surface area contributed by atoms with E-state index in [0.717, 1.165) is 5.56 Å². The zero-order chi connectivity index (χ0) is 12.5. The summed E-state index contributed by atoms with van der Waals surface area (Å²) in [7, 11) is 0. The molecule has 0 aliphatic rings. The van der Waals surface area contributed by atoms with Gasteiger partial charge in [-0.1, -0.05) is 30.3 Å². The predicted molar refractivity (Wildman–Crippen MR) is 76.4 cm³/mol. The van der Waals surface area contributed by atoms with E-state index in [2.05, 4.69) is 60.4 Å². The van der Waals surface area contributed by atoms with Gasteiger partial charge in [0.05, 0.1) is 0 Å². The van der Waals surface area contributed by atoms with Crippen molar-refractivity contribution in [1.29, 1.82) is 0 Å². The molecule has 2 heteroatoms. The summed E-state index contributed by atoms with van der Waals surface area (Å²) in [6.45, 7) is 2.67. The molecule has 3 aromatic rings. The Morgan fingerprint density at radius 2 is 1.67 bits per heavy atom. The first-order chi connectivity index (χ1) is 8.76. The van der Waals surface area contributed by atoms with Crippen molar-refractivity contribution in [2.75, 3.05) is 0 Å². The van der Waals surface area contributed by atoms with Crippen LogP contribution in [0.3, 0.4) is 0 Å². The molecule has 3 rings (SSSR count). The topological polar surface area (TPSA) is 41.8 Å². The Kier molecular flexibility index (Phi) is 2.65. The molecule has 0 saturated heterocycles. The molecule has 0 aliphatic carbocycles. The van der Waals surface area contributed by atoms with Crippen LogP contribution < -0.4 is 5.73 Å². The van der Waals surface area contributed by atoms with Crippen LogP contribution in [0.2, 0.25) is 0 Å². The fraction of sp³-hybridized carbons (Fsp3) is 0.125. The van der Waals surface area contributed by atoms with E-state index in [0.29, 0.717) is 6.54 Å². The number of nitrogens with one attached hydrogen (secondary N) is 1. The van der Waals surface area contributed by atoms with Gasteiger partial charge in [0, 0.05) is 23.1 Å². The van der Waals surface area contributed by atoms with Crippen molar-refractivity contribution in [1.82, 2.24) is 4.98 Å². The summed E-state index contributed by atoms with van der Waals surface area (Å²) in [4.78, 5) is 3.34. The quantitative estimate of drug-likeness (QED) is 0.701. The Labute approximate surface area is 106 Å². The van der Waals surface area contributed by atoms with Gasteiger partial charge in [-0.05, 0) is 41.8 Å². The van der Waals surface area contributed by atoms with Gasteiger partial charge in [-0.15, -0.1) is 0 Å². The van der Waals surface area contributed by atoms with E-state index < -0.39 is 0 Å². The average molecular weight is 236 g/mol. The van der Waals surface area contributed by atoms with E-state index in [9.17, 15) is 0 Å². The van der Waals surface area contributed by atoms with Crippen LogP contribution in [0, 0.1) is 6.92 Å². The molecule has 0 amide bonds. The third-order valence-electron chi connectivity index (χ3n) is 3.28. The molecular weight excluding hydrogens is 220 g/mol. The van der Waals surface area contributed by atoms with Gasteiger partial charge in [-0.3, -0.25) is 0 Å². The van der Waals surface area contributed by atoms with Crippen molar-refractivity contribution in [3.05, 3.63) is 59.8 Å². The lowest BCUT2D eigenvalue weighted by atomic mass is 10.0. The van der Waals surface area contributed by atoms with Crippen LogP contribution in [-0.4, -0.2) is 4.98 Å². The molecule has 2 nitrogen and oxygen atoms in total. The molecule has 0 atom stereocenters. The van der Waals surface area contributed by atoms with E-state index >= 15 is 0 Å². The highest BCUT2D eigenvalue weighted by molar-refractivity contribution is 5.85. The lowest BCUT2D eigenvalue weighted by Crippen LogP contribution is -1.95. The average Bonchev–Trinajstić information content (AvgIpc) is 2.78. The second-order valence-electron chi connectivity index (χ2n) is 4.66. The van der Waals surface area contributed by atoms with Gasteiger partial charge >= 0.3 is 0 Å². The van der Waals surface area contributed by atoms with Crippen molar-refractivity contribution in [2.24, 2.45) is 5.73 Å². The molecular formula is C16H16N2. The Morgan fingerprint density at radius 3 is 2.39 bits per heavy atom. The van der Waals surface area contributed by atoms with Crippen molar-refractivity contribution in [2.45, 2.75) is 13.5 Å². The van der Waals surface area contributed by atoms with Gasteiger partial charge in [0.25, 0.3) is 0 Å². The number of aromatic amines is 1. The van der Waals surface area contributed by atoms with Crippen LogP contribution in [0.15, 0.2) is 48.5 Å². The smallest absolute Gasteiger partial charge is 0.0456 e. The second-order valence-corrected chi connectivity index (χ2v) is 4.66. The van der Waals surface area contributed by atoms with Crippen molar-refractivity contribution >= 4 is 10.9 Å². The minimum absolute atomic E-state index is 0.594. The van der Waals surface area contributed by atoms with Crippen LogP contribution >= 0.6 is 0 Å². The van der Waals surface area contributed by atoms with Gasteiger partial charge in [0.15, 0.2) is 0 Å². The highest BCUT2D eigenvalue weighted by atomic mass is 14.7. The Morgan fingerprint density at radius 1 is 0.944 bits per heavy atom. The van der Waals surface area contributed by atoms with E-state index in [1.54, 1.807) is 0 Å². The predicted octanol–water partition coefficient (Wildman–Crippen LogP) is 3.60. The van der Waals surface area contributed by atoms with Crippen LogP contribution in [0.1, 0.15) is 11.3 Å². The Bertz CT molecular complexity index is 678. The molecule has 90 valence electrons. The first-order valence-corrected chi connectivity index (χ1v) is 6.15. The monoisotopic (exact) mass is 236 g/mol. The van der Waals surface area contributed by atoms with Crippen molar-refractivity contribution < 1.29 is 0 Å².